The lowest BCUT2D eigenvalue weighted by Crippen LogP contribution is -1.94. The first kappa shape index (κ1) is 10.1. The summed E-state index contributed by atoms with van der Waals surface area (Å²) in [6, 6.07) is 0. The minimum Gasteiger partial charge on any atom is -0.258 e. The summed E-state index contributed by atoms with van der Waals surface area (Å²) in [5.74, 6) is 2.47. The molecule has 0 atom stereocenters. The third-order valence-corrected chi connectivity index (χ3v) is 4.45. The van der Waals surface area contributed by atoms with Gasteiger partial charge in [0.1, 0.15) is 0 Å². The van der Waals surface area contributed by atoms with E-state index in [1.54, 1.807) is 12.4 Å². The molecule has 2 rings (SSSR count). The standard InChI is InChI=1S/C10H12N2S2/c1-8-9(12-4-3-11-8)7-10-13-5-2-6-14-10/h3-4,7H,2,5-6H2,1H3. The second-order valence-corrected chi connectivity index (χ2v) is 5.57. The quantitative estimate of drug-likeness (QED) is 0.732. The smallest absolute Gasteiger partial charge is 0.0858 e. The van der Waals surface area contributed by atoms with Crippen LogP contribution in [0.3, 0.4) is 0 Å². The van der Waals surface area contributed by atoms with Crippen LogP contribution in [0.4, 0.5) is 0 Å². The van der Waals surface area contributed by atoms with E-state index in [0.29, 0.717) is 0 Å². The molecule has 0 radical (unpaired) electrons. The zero-order valence-electron chi connectivity index (χ0n) is 8.06. The molecule has 1 aromatic heterocycles. The maximum Gasteiger partial charge on any atom is 0.0858 e. The third kappa shape index (κ3) is 2.51. The summed E-state index contributed by atoms with van der Waals surface area (Å²) in [6.07, 6.45) is 6.94. The van der Waals surface area contributed by atoms with Crippen LogP contribution in [-0.4, -0.2) is 21.5 Å². The van der Waals surface area contributed by atoms with E-state index in [9.17, 15) is 0 Å². The van der Waals surface area contributed by atoms with Gasteiger partial charge in [-0.15, -0.1) is 23.5 Å². The van der Waals surface area contributed by atoms with Crippen molar-refractivity contribution in [2.45, 2.75) is 13.3 Å². The van der Waals surface area contributed by atoms with Crippen LogP contribution in [0.1, 0.15) is 17.8 Å². The highest BCUT2D eigenvalue weighted by atomic mass is 32.2. The largest absolute Gasteiger partial charge is 0.258 e. The molecule has 1 aromatic rings. The lowest BCUT2D eigenvalue weighted by molar-refractivity contribution is 1.10. The van der Waals surface area contributed by atoms with Crippen molar-refractivity contribution in [2.24, 2.45) is 0 Å². The minimum atomic E-state index is 1.00. The fraction of sp³-hybridized carbons (Fsp3) is 0.400. The SMILES string of the molecule is Cc1nccnc1C=C1SCCCS1. The van der Waals surface area contributed by atoms with Gasteiger partial charge in [-0.25, -0.2) is 0 Å². The van der Waals surface area contributed by atoms with Crippen LogP contribution >= 0.6 is 23.5 Å². The van der Waals surface area contributed by atoms with E-state index in [1.165, 1.54) is 22.2 Å². The van der Waals surface area contributed by atoms with Crippen molar-refractivity contribution in [2.75, 3.05) is 11.5 Å². The molecule has 0 spiro atoms. The monoisotopic (exact) mass is 224 g/mol. The average Bonchev–Trinajstić information content (AvgIpc) is 2.23. The number of aryl methyl sites for hydroxylation is 1. The maximum atomic E-state index is 4.31. The van der Waals surface area contributed by atoms with Crippen molar-refractivity contribution < 1.29 is 0 Å². The van der Waals surface area contributed by atoms with Crippen molar-refractivity contribution >= 4 is 29.6 Å². The van der Waals surface area contributed by atoms with Crippen LogP contribution < -0.4 is 0 Å². The third-order valence-electron chi connectivity index (χ3n) is 1.95. The fourth-order valence-electron chi connectivity index (χ4n) is 1.20. The zero-order chi connectivity index (χ0) is 9.80. The van der Waals surface area contributed by atoms with Gasteiger partial charge in [-0.3, -0.25) is 9.97 Å². The minimum absolute atomic E-state index is 1.00. The number of rotatable bonds is 1. The van der Waals surface area contributed by atoms with Gasteiger partial charge in [0.25, 0.3) is 0 Å². The first-order valence-electron chi connectivity index (χ1n) is 4.61. The molecule has 4 heteroatoms. The topological polar surface area (TPSA) is 25.8 Å². The van der Waals surface area contributed by atoms with Gasteiger partial charge < -0.3 is 0 Å². The second-order valence-electron chi connectivity index (χ2n) is 3.04. The van der Waals surface area contributed by atoms with E-state index in [2.05, 4.69) is 16.0 Å². The summed E-state index contributed by atoms with van der Waals surface area (Å²) < 4.78 is 1.37. The Morgan fingerprint density at radius 2 is 1.93 bits per heavy atom. The van der Waals surface area contributed by atoms with Crippen LogP contribution in [0.2, 0.25) is 0 Å². The molecule has 0 aromatic carbocycles. The summed E-state index contributed by atoms with van der Waals surface area (Å²) in [4.78, 5) is 8.53. The Morgan fingerprint density at radius 3 is 2.64 bits per heavy atom. The Labute approximate surface area is 92.6 Å². The van der Waals surface area contributed by atoms with E-state index in [4.69, 9.17) is 0 Å². The van der Waals surface area contributed by atoms with Gasteiger partial charge in [-0.05, 0) is 30.9 Å². The predicted molar refractivity (Wildman–Crippen MR) is 64.3 cm³/mol. The fourth-order valence-corrected chi connectivity index (χ4v) is 3.59. The molecule has 0 bridgehead atoms. The first-order chi connectivity index (χ1) is 6.86. The van der Waals surface area contributed by atoms with Crippen molar-refractivity contribution in [1.29, 1.82) is 0 Å². The van der Waals surface area contributed by atoms with Crippen molar-refractivity contribution in [1.82, 2.24) is 9.97 Å². The van der Waals surface area contributed by atoms with Crippen LogP contribution in [0.25, 0.3) is 6.08 Å². The van der Waals surface area contributed by atoms with E-state index in [-0.39, 0.29) is 0 Å². The van der Waals surface area contributed by atoms with E-state index in [1.807, 2.05) is 30.4 Å². The van der Waals surface area contributed by atoms with Crippen LogP contribution in [-0.2, 0) is 0 Å². The van der Waals surface area contributed by atoms with Crippen molar-refractivity contribution in [3.8, 4) is 0 Å². The van der Waals surface area contributed by atoms with Gasteiger partial charge >= 0.3 is 0 Å². The van der Waals surface area contributed by atoms with Gasteiger partial charge in [0, 0.05) is 16.6 Å². The summed E-state index contributed by atoms with van der Waals surface area (Å²) in [7, 11) is 0. The molecule has 0 aliphatic carbocycles. The molecular formula is C10H12N2S2. The summed E-state index contributed by atoms with van der Waals surface area (Å²) in [5, 5.41) is 0. The lowest BCUT2D eigenvalue weighted by Gasteiger charge is -2.12. The lowest BCUT2D eigenvalue weighted by atomic mass is 10.3. The van der Waals surface area contributed by atoms with Crippen LogP contribution in [0.15, 0.2) is 16.6 Å². The Morgan fingerprint density at radius 1 is 1.21 bits per heavy atom. The zero-order valence-corrected chi connectivity index (χ0v) is 9.70. The molecule has 0 amide bonds. The molecule has 1 aliphatic heterocycles. The molecule has 14 heavy (non-hydrogen) atoms. The van der Waals surface area contributed by atoms with E-state index in [0.717, 1.165) is 11.4 Å². The molecule has 0 saturated carbocycles. The Bertz CT molecular complexity index is 342. The number of nitrogens with zero attached hydrogens (tertiary/aromatic N) is 2. The summed E-state index contributed by atoms with van der Waals surface area (Å²) in [5.41, 5.74) is 2.01. The average molecular weight is 224 g/mol. The number of aromatic nitrogens is 2. The predicted octanol–water partition coefficient (Wildman–Crippen LogP) is 2.95. The van der Waals surface area contributed by atoms with Gasteiger partial charge in [0.2, 0.25) is 0 Å². The Balaban J connectivity index is 2.19. The molecule has 1 saturated heterocycles. The Hall–Kier alpha value is -0.480. The van der Waals surface area contributed by atoms with Gasteiger partial charge in [0.05, 0.1) is 11.4 Å². The normalized spacial score (nSPS) is 16.8. The highest BCUT2D eigenvalue weighted by Crippen LogP contribution is 2.35. The van der Waals surface area contributed by atoms with Gasteiger partial charge in [0.15, 0.2) is 0 Å². The number of thioether (sulfide) groups is 2. The molecular weight excluding hydrogens is 212 g/mol. The van der Waals surface area contributed by atoms with Gasteiger partial charge in [-0.1, -0.05) is 0 Å². The van der Waals surface area contributed by atoms with E-state index >= 15 is 0 Å². The Kier molecular flexibility index (Phi) is 3.48. The highest BCUT2D eigenvalue weighted by molar-refractivity contribution is 8.23. The molecule has 1 aliphatic rings. The first-order valence-corrected chi connectivity index (χ1v) is 6.58. The number of hydrogen-bond acceptors (Lipinski definition) is 4. The molecule has 2 heterocycles. The highest BCUT2D eigenvalue weighted by Gasteiger charge is 2.07. The van der Waals surface area contributed by atoms with E-state index < -0.39 is 0 Å². The van der Waals surface area contributed by atoms with Crippen molar-refractivity contribution in [3.63, 3.8) is 0 Å². The van der Waals surface area contributed by atoms with Crippen LogP contribution in [0, 0.1) is 6.92 Å². The van der Waals surface area contributed by atoms with Gasteiger partial charge in [-0.2, -0.15) is 0 Å². The summed E-state index contributed by atoms with van der Waals surface area (Å²) in [6.45, 7) is 2.00. The number of hydrogen-bond donors (Lipinski definition) is 0. The summed E-state index contributed by atoms with van der Waals surface area (Å²) >= 11 is 3.85. The van der Waals surface area contributed by atoms with Crippen LogP contribution in [0.5, 0.6) is 0 Å². The maximum absolute atomic E-state index is 4.31. The second kappa shape index (κ2) is 4.84. The molecule has 1 fully saturated rings. The van der Waals surface area contributed by atoms with Crippen molar-refractivity contribution in [3.05, 3.63) is 28.0 Å². The molecule has 2 nitrogen and oxygen atoms in total. The molecule has 0 N–H and O–H groups in total. The molecule has 74 valence electrons. The molecule has 0 unspecified atom stereocenters.